The zero-order valence-electron chi connectivity index (χ0n) is 12.4. The molecule has 1 aromatic heterocycles. The average Bonchev–Trinajstić information content (AvgIpc) is 2.38. The number of hydrogen-bond donors (Lipinski definition) is 1. The zero-order valence-corrected chi connectivity index (χ0v) is 12.4. The maximum Gasteiger partial charge on any atom is 0.219 e. The van der Waals surface area contributed by atoms with E-state index in [0.717, 1.165) is 11.3 Å². The number of hydrogen-bond acceptors (Lipinski definition) is 3. The van der Waals surface area contributed by atoms with E-state index >= 15 is 0 Å². The fourth-order valence-corrected chi connectivity index (χ4v) is 1.88. The van der Waals surface area contributed by atoms with Gasteiger partial charge in [-0.15, -0.1) is 0 Å². The van der Waals surface area contributed by atoms with Crippen LogP contribution >= 0.6 is 0 Å². The summed E-state index contributed by atoms with van der Waals surface area (Å²) >= 11 is 0. The van der Waals surface area contributed by atoms with Crippen molar-refractivity contribution < 1.29 is 9.84 Å². The molecule has 2 rings (SSSR count). The molecule has 0 aliphatic carbocycles. The van der Waals surface area contributed by atoms with Crippen molar-refractivity contribution in [2.24, 2.45) is 0 Å². The molecular formula is C17H21NO2. The van der Waals surface area contributed by atoms with Crippen LogP contribution in [-0.4, -0.2) is 10.1 Å². The lowest BCUT2D eigenvalue weighted by Crippen LogP contribution is -2.10. The molecule has 0 unspecified atom stereocenters. The average molecular weight is 271 g/mol. The fraction of sp³-hybridized carbons (Fsp3) is 0.353. The van der Waals surface area contributed by atoms with Crippen molar-refractivity contribution in [3.63, 3.8) is 0 Å². The first-order valence-corrected chi connectivity index (χ1v) is 6.79. The molecule has 20 heavy (non-hydrogen) atoms. The monoisotopic (exact) mass is 271 g/mol. The minimum absolute atomic E-state index is 0.128. The van der Waals surface area contributed by atoms with Crippen LogP contribution in [0.15, 0.2) is 42.6 Å². The van der Waals surface area contributed by atoms with Gasteiger partial charge in [0.1, 0.15) is 5.75 Å². The highest BCUT2D eigenvalue weighted by Crippen LogP contribution is 2.27. The number of pyridine rings is 1. The molecule has 0 saturated carbocycles. The van der Waals surface area contributed by atoms with E-state index in [1.165, 1.54) is 5.56 Å². The van der Waals surface area contributed by atoms with E-state index in [2.05, 4.69) is 37.9 Å². The minimum Gasteiger partial charge on any atom is -0.439 e. The van der Waals surface area contributed by atoms with Crippen molar-refractivity contribution >= 4 is 0 Å². The van der Waals surface area contributed by atoms with Crippen LogP contribution in [0, 0.1) is 0 Å². The second-order valence-corrected chi connectivity index (χ2v) is 5.98. The molecule has 1 heterocycles. The van der Waals surface area contributed by atoms with Crippen molar-refractivity contribution in [2.45, 2.75) is 39.2 Å². The Kier molecular flexibility index (Phi) is 4.09. The first kappa shape index (κ1) is 14.5. The van der Waals surface area contributed by atoms with Crippen LogP contribution in [0.1, 0.15) is 44.9 Å². The van der Waals surface area contributed by atoms with Gasteiger partial charge in [0.15, 0.2) is 0 Å². The molecular weight excluding hydrogens is 250 g/mol. The molecule has 1 atom stereocenters. The van der Waals surface area contributed by atoms with E-state index in [1.807, 2.05) is 12.1 Å². The summed E-state index contributed by atoms with van der Waals surface area (Å²) < 4.78 is 5.71. The third kappa shape index (κ3) is 3.58. The molecule has 1 N–H and O–H groups in total. The van der Waals surface area contributed by atoms with Crippen molar-refractivity contribution in [1.82, 2.24) is 4.98 Å². The van der Waals surface area contributed by atoms with Crippen LogP contribution in [0.4, 0.5) is 0 Å². The summed E-state index contributed by atoms with van der Waals surface area (Å²) in [5, 5.41) is 9.56. The summed E-state index contributed by atoms with van der Waals surface area (Å²) in [7, 11) is 0. The van der Waals surface area contributed by atoms with E-state index in [-0.39, 0.29) is 5.41 Å². The predicted molar refractivity (Wildman–Crippen MR) is 80.1 cm³/mol. The molecule has 0 fully saturated rings. The molecule has 3 nitrogen and oxygen atoms in total. The van der Waals surface area contributed by atoms with Crippen LogP contribution in [0.3, 0.4) is 0 Å². The van der Waals surface area contributed by atoms with Crippen molar-refractivity contribution in [1.29, 1.82) is 0 Å². The van der Waals surface area contributed by atoms with Crippen LogP contribution in [-0.2, 0) is 5.41 Å². The summed E-state index contributed by atoms with van der Waals surface area (Å²) in [6, 6.07) is 11.5. The quantitative estimate of drug-likeness (QED) is 0.908. The summed E-state index contributed by atoms with van der Waals surface area (Å²) in [5.41, 5.74) is 2.18. The molecule has 0 amide bonds. The first-order valence-electron chi connectivity index (χ1n) is 6.79. The first-order chi connectivity index (χ1) is 9.36. The number of aromatic nitrogens is 1. The standard InChI is InChI=1S/C17H21NO2/c1-12(19)13-9-10-18-16(11-13)20-15-7-5-14(6-8-15)17(2,3)4/h5-12,19H,1-4H3/t12-/m0/s1. The van der Waals surface area contributed by atoms with Gasteiger partial charge in [-0.05, 0) is 41.7 Å². The van der Waals surface area contributed by atoms with Gasteiger partial charge in [-0.1, -0.05) is 32.9 Å². The number of rotatable bonds is 3. The van der Waals surface area contributed by atoms with E-state index in [4.69, 9.17) is 4.74 Å². The Labute approximate surface area is 120 Å². The number of nitrogens with zero attached hydrogens (tertiary/aromatic N) is 1. The molecule has 0 aliphatic heterocycles. The molecule has 2 aromatic rings. The van der Waals surface area contributed by atoms with Gasteiger partial charge < -0.3 is 9.84 Å². The smallest absolute Gasteiger partial charge is 0.219 e. The van der Waals surface area contributed by atoms with Crippen LogP contribution in [0.5, 0.6) is 11.6 Å². The molecule has 0 radical (unpaired) electrons. The van der Waals surface area contributed by atoms with Crippen LogP contribution in [0.2, 0.25) is 0 Å². The Morgan fingerprint density at radius 3 is 2.30 bits per heavy atom. The molecule has 1 aromatic carbocycles. The Bertz CT molecular complexity index is 568. The van der Waals surface area contributed by atoms with Gasteiger partial charge in [-0.3, -0.25) is 0 Å². The van der Waals surface area contributed by atoms with Gasteiger partial charge in [0.25, 0.3) is 0 Å². The second-order valence-electron chi connectivity index (χ2n) is 5.98. The molecule has 0 bridgehead atoms. The number of aliphatic hydroxyl groups is 1. The van der Waals surface area contributed by atoms with E-state index < -0.39 is 6.10 Å². The maximum absolute atomic E-state index is 9.56. The normalized spacial score (nSPS) is 13.1. The van der Waals surface area contributed by atoms with Gasteiger partial charge in [0.05, 0.1) is 6.10 Å². The van der Waals surface area contributed by atoms with Gasteiger partial charge in [0.2, 0.25) is 5.88 Å². The molecule has 0 aliphatic rings. The van der Waals surface area contributed by atoms with Gasteiger partial charge in [-0.25, -0.2) is 4.98 Å². The van der Waals surface area contributed by atoms with Crippen LogP contribution < -0.4 is 4.74 Å². The minimum atomic E-state index is -0.524. The molecule has 106 valence electrons. The van der Waals surface area contributed by atoms with Gasteiger partial charge in [0, 0.05) is 12.3 Å². The summed E-state index contributed by atoms with van der Waals surface area (Å²) in [6.45, 7) is 8.25. The number of aliphatic hydroxyl groups excluding tert-OH is 1. The molecule has 0 saturated heterocycles. The van der Waals surface area contributed by atoms with Crippen LogP contribution in [0.25, 0.3) is 0 Å². The third-order valence-electron chi connectivity index (χ3n) is 3.18. The predicted octanol–water partition coefficient (Wildman–Crippen LogP) is 4.22. The zero-order chi connectivity index (χ0) is 14.8. The fourth-order valence-electron chi connectivity index (χ4n) is 1.88. The molecule has 3 heteroatoms. The van der Waals surface area contributed by atoms with Crippen molar-refractivity contribution in [3.05, 3.63) is 53.7 Å². The van der Waals surface area contributed by atoms with Crippen molar-refractivity contribution in [2.75, 3.05) is 0 Å². The Morgan fingerprint density at radius 1 is 1.10 bits per heavy atom. The van der Waals surface area contributed by atoms with E-state index in [0.29, 0.717) is 5.88 Å². The second kappa shape index (κ2) is 5.63. The van der Waals surface area contributed by atoms with Gasteiger partial charge in [-0.2, -0.15) is 0 Å². The highest BCUT2D eigenvalue weighted by Gasteiger charge is 2.13. The van der Waals surface area contributed by atoms with Crippen molar-refractivity contribution in [3.8, 4) is 11.6 Å². The SMILES string of the molecule is C[C@H](O)c1ccnc(Oc2ccc(C(C)(C)C)cc2)c1. The molecule has 0 spiro atoms. The van der Waals surface area contributed by atoms with E-state index in [9.17, 15) is 5.11 Å². The summed E-state index contributed by atoms with van der Waals surface area (Å²) in [4.78, 5) is 4.15. The Morgan fingerprint density at radius 2 is 1.75 bits per heavy atom. The number of ether oxygens (including phenoxy) is 1. The van der Waals surface area contributed by atoms with Gasteiger partial charge >= 0.3 is 0 Å². The lowest BCUT2D eigenvalue weighted by molar-refractivity contribution is 0.198. The van der Waals surface area contributed by atoms with E-state index in [1.54, 1.807) is 25.3 Å². The third-order valence-corrected chi connectivity index (χ3v) is 3.18. The lowest BCUT2D eigenvalue weighted by Gasteiger charge is -2.19. The Hall–Kier alpha value is -1.87. The lowest BCUT2D eigenvalue weighted by atomic mass is 9.87. The summed E-state index contributed by atoms with van der Waals surface area (Å²) in [6.07, 6.45) is 1.12. The topological polar surface area (TPSA) is 42.4 Å². The Balaban J connectivity index is 2.16. The maximum atomic E-state index is 9.56. The highest BCUT2D eigenvalue weighted by atomic mass is 16.5. The number of benzene rings is 1. The summed E-state index contributed by atoms with van der Waals surface area (Å²) in [5.74, 6) is 1.24. The highest BCUT2D eigenvalue weighted by molar-refractivity contribution is 5.34. The largest absolute Gasteiger partial charge is 0.439 e.